The zero-order valence-electron chi connectivity index (χ0n) is 34.8. The predicted octanol–water partition coefficient (Wildman–Crippen LogP) is 2.79. The second-order valence-corrected chi connectivity index (χ2v) is 19.4. The van der Waals surface area contributed by atoms with Gasteiger partial charge >= 0.3 is 11.9 Å². The lowest BCUT2D eigenvalue weighted by molar-refractivity contribution is -0.337. The highest BCUT2D eigenvalue weighted by Crippen LogP contribution is 2.70. The molecule has 58 heavy (non-hydrogen) atoms. The van der Waals surface area contributed by atoms with Gasteiger partial charge in [0.05, 0.1) is 48.3 Å². The number of carbonyl (C=O) groups is 2. The van der Waals surface area contributed by atoms with Crippen molar-refractivity contribution in [3.05, 3.63) is 11.6 Å². The van der Waals surface area contributed by atoms with Crippen LogP contribution in [0, 0.1) is 34.5 Å². The number of aliphatic hydroxyl groups excluding tert-OH is 4. The molecule has 21 atom stereocenters. The van der Waals surface area contributed by atoms with Gasteiger partial charge in [-0.05, 0) is 100 Å². The smallest absolute Gasteiger partial charge is 0.331 e. The molecule has 5 N–H and O–H groups in total. The number of fused-ring (bicyclic) bond motifs is 5. The molecule has 0 aromatic heterocycles. The molecular weight excluding hydrogens is 756 g/mol. The molecular formula is C43H66O15. The Labute approximate surface area is 341 Å². The third kappa shape index (κ3) is 7.49. The first-order chi connectivity index (χ1) is 27.4. The summed E-state index contributed by atoms with van der Waals surface area (Å²) in [5, 5.41) is 57.4. The number of hydrogen-bond acceptors (Lipinski definition) is 15. The molecule has 4 aliphatic carbocycles. The summed E-state index contributed by atoms with van der Waals surface area (Å²) >= 11 is 0. The second-order valence-electron chi connectivity index (χ2n) is 19.4. The number of ether oxygens (including phenoxy) is 8. The highest BCUT2D eigenvalue weighted by atomic mass is 16.7. The molecule has 0 bridgehead atoms. The van der Waals surface area contributed by atoms with E-state index in [0.717, 1.165) is 44.1 Å². The van der Waals surface area contributed by atoms with Gasteiger partial charge < -0.3 is 63.4 Å². The van der Waals surface area contributed by atoms with Crippen molar-refractivity contribution >= 4 is 11.9 Å². The number of carbonyl (C=O) groups excluding carboxylic acids is 2. The lowest BCUT2D eigenvalue weighted by Crippen LogP contribution is -2.65. The lowest BCUT2D eigenvalue weighted by atomic mass is 9.42. The summed E-state index contributed by atoms with van der Waals surface area (Å²) in [5.74, 6) is -0.246. The largest absolute Gasteiger partial charge is 0.459 e. The maximum atomic E-state index is 12.6. The molecule has 7 fully saturated rings. The van der Waals surface area contributed by atoms with Crippen LogP contribution in [0.25, 0.3) is 0 Å². The Kier molecular flexibility index (Phi) is 12.0. The summed E-state index contributed by atoms with van der Waals surface area (Å²) in [7, 11) is 0. The van der Waals surface area contributed by atoms with Crippen LogP contribution in [0.15, 0.2) is 11.6 Å². The summed E-state index contributed by atoms with van der Waals surface area (Å²) in [6.07, 6.45) is -2.18. The van der Waals surface area contributed by atoms with Gasteiger partial charge in [-0.3, -0.25) is 4.79 Å². The molecule has 0 aromatic rings. The normalized spacial score (nSPS) is 53.2. The van der Waals surface area contributed by atoms with E-state index in [1.165, 1.54) is 6.92 Å². The molecule has 328 valence electrons. The van der Waals surface area contributed by atoms with Crippen LogP contribution in [0.5, 0.6) is 0 Å². The molecule has 4 saturated carbocycles. The van der Waals surface area contributed by atoms with Crippen LogP contribution in [-0.2, 0) is 47.5 Å². The zero-order chi connectivity index (χ0) is 41.5. The maximum absolute atomic E-state index is 12.6. The quantitative estimate of drug-likeness (QED) is 0.176. The van der Waals surface area contributed by atoms with Crippen LogP contribution in [-0.4, -0.2) is 136 Å². The van der Waals surface area contributed by atoms with Crippen molar-refractivity contribution < 1.29 is 73.0 Å². The number of rotatable bonds is 8. The highest BCUT2D eigenvalue weighted by molar-refractivity contribution is 5.85. The van der Waals surface area contributed by atoms with Gasteiger partial charge in [0.1, 0.15) is 31.0 Å². The van der Waals surface area contributed by atoms with E-state index in [1.54, 1.807) is 19.9 Å². The van der Waals surface area contributed by atoms with Gasteiger partial charge in [-0.1, -0.05) is 13.8 Å². The van der Waals surface area contributed by atoms with E-state index in [1.807, 2.05) is 6.92 Å². The number of hydrogen-bond donors (Lipinski definition) is 5. The van der Waals surface area contributed by atoms with Crippen molar-refractivity contribution in [3.63, 3.8) is 0 Å². The Morgan fingerprint density at radius 3 is 1.98 bits per heavy atom. The van der Waals surface area contributed by atoms with E-state index in [2.05, 4.69) is 13.8 Å². The van der Waals surface area contributed by atoms with Crippen molar-refractivity contribution in [1.29, 1.82) is 0 Å². The molecule has 3 saturated heterocycles. The van der Waals surface area contributed by atoms with Crippen molar-refractivity contribution in [2.45, 2.75) is 204 Å². The third-order valence-electron chi connectivity index (χ3n) is 16.3. The summed E-state index contributed by atoms with van der Waals surface area (Å²) < 4.78 is 47.6. The van der Waals surface area contributed by atoms with Crippen LogP contribution >= 0.6 is 0 Å². The minimum atomic E-state index is -1.00. The molecule has 0 unspecified atom stereocenters. The SMILES string of the molecule is CC(=O)O[C@@H]1C[C@H](O[C@@H]2[C@H](O)C[C@H](O[C@@H]3[C@H](O)C[C@H](O[C@H]4C[C@H]5CC[C@@H]6[C@H](CC[C@]7(C)[C@H](C8=CC(=O)OC8)CC[C@@]67O)[C@]5(C)[C@@H](O)C4)O[C@@H]3C)O[C@@H]2C)O[C@@H](C)[C@H]1O. The molecule has 8 aliphatic rings. The number of esters is 2. The fourth-order valence-corrected chi connectivity index (χ4v) is 13.1. The molecule has 15 heteroatoms. The molecule has 4 heterocycles. The molecule has 8 rings (SSSR count). The van der Waals surface area contributed by atoms with E-state index >= 15 is 0 Å². The summed E-state index contributed by atoms with van der Waals surface area (Å²) in [4.78, 5) is 23.5. The topological polar surface area (TPSA) is 209 Å². The highest BCUT2D eigenvalue weighted by Gasteiger charge is 2.69. The van der Waals surface area contributed by atoms with E-state index in [4.69, 9.17) is 37.9 Å². The van der Waals surface area contributed by atoms with Gasteiger partial charge in [0, 0.05) is 44.1 Å². The molecule has 4 aliphatic heterocycles. The van der Waals surface area contributed by atoms with E-state index in [-0.39, 0.29) is 65.8 Å². The Morgan fingerprint density at radius 2 is 1.38 bits per heavy atom. The maximum Gasteiger partial charge on any atom is 0.331 e. The number of cyclic esters (lactones) is 1. The van der Waals surface area contributed by atoms with Crippen LogP contribution < -0.4 is 0 Å². The summed E-state index contributed by atoms with van der Waals surface area (Å²) in [5.41, 5.74) is -0.565. The minimum absolute atomic E-state index is 0.0659. The minimum Gasteiger partial charge on any atom is -0.459 e. The molecule has 0 radical (unpaired) electrons. The van der Waals surface area contributed by atoms with Crippen molar-refractivity contribution in [3.8, 4) is 0 Å². The van der Waals surface area contributed by atoms with Crippen molar-refractivity contribution in [2.75, 3.05) is 6.61 Å². The van der Waals surface area contributed by atoms with Gasteiger partial charge in [0.2, 0.25) is 0 Å². The Bertz CT molecular complexity index is 1530. The molecule has 0 aromatic carbocycles. The van der Waals surface area contributed by atoms with Crippen molar-refractivity contribution in [1.82, 2.24) is 0 Å². The first kappa shape index (κ1) is 42.9. The predicted molar refractivity (Wildman–Crippen MR) is 202 cm³/mol. The Balaban J connectivity index is 0.834. The fraction of sp³-hybridized carbons (Fsp3) is 0.907. The summed E-state index contributed by atoms with van der Waals surface area (Å²) in [6, 6.07) is 0. The average Bonchev–Trinajstić information content (AvgIpc) is 3.69. The average molecular weight is 823 g/mol. The molecule has 0 spiro atoms. The van der Waals surface area contributed by atoms with Gasteiger partial charge in [0.15, 0.2) is 18.9 Å². The third-order valence-corrected chi connectivity index (χ3v) is 16.3. The molecule has 15 nitrogen and oxygen atoms in total. The Hall–Kier alpha value is -1.76. The second kappa shape index (κ2) is 16.2. The van der Waals surface area contributed by atoms with Gasteiger partial charge in [-0.2, -0.15) is 0 Å². The van der Waals surface area contributed by atoms with Crippen LogP contribution in [0.3, 0.4) is 0 Å². The first-order valence-electron chi connectivity index (χ1n) is 21.8. The van der Waals surface area contributed by atoms with Gasteiger partial charge in [-0.15, -0.1) is 0 Å². The van der Waals surface area contributed by atoms with Crippen LogP contribution in [0.1, 0.15) is 112 Å². The van der Waals surface area contributed by atoms with Crippen LogP contribution in [0.4, 0.5) is 0 Å². The standard InChI is InChI=1S/C43H66O15/c1-20-38(49)32(55-23(4)44)18-37(52-20)58-40-22(3)54-36(17-31(40)46)57-39-21(2)53-35(16-30(39)45)56-26-14-25-7-8-29-28(42(25,6)33(47)15-26)9-11-41(5)27(10-12-43(29,41)50)24-13-34(48)51-19-24/h13,20-22,25-33,35-40,45-47,49-50H,7-12,14-19H2,1-6H3/t20-,21+,22+,25+,26-,27-,28-,29+,30+,31+,32+,33-,35-,36-,37-,38+,39-,40-,41+,42+,43+/m0/s1. The van der Waals surface area contributed by atoms with E-state index in [9.17, 15) is 35.1 Å². The number of aliphatic hydroxyl groups is 5. The monoisotopic (exact) mass is 822 g/mol. The molecule has 0 amide bonds. The zero-order valence-corrected chi connectivity index (χ0v) is 34.8. The van der Waals surface area contributed by atoms with Gasteiger partial charge in [0.25, 0.3) is 0 Å². The first-order valence-corrected chi connectivity index (χ1v) is 21.8. The Morgan fingerprint density at radius 1 is 0.759 bits per heavy atom. The lowest BCUT2D eigenvalue weighted by Gasteiger charge is -2.64. The van der Waals surface area contributed by atoms with Gasteiger partial charge in [-0.25, -0.2) is 4.79 Å². The van der Waals surface area contributed by atoms with E-state index in [0.29, 0.717) is 19.4 Å². The van der Waals surface area contributed by atoms with Crippen LogP contribution in [0.2, 0.25) is 0 Å². The summed E-state index contributed by atoms with van der Waals surface area (Å²) in [6.45, 7) is 11.2. The van der Waals surface area contributed by atoms with E-state index < -0.39 is 91.5 Å². The van der Waals surface area contributed by atoms with Crippen molar-refractivity contribution in [2.24, 2.45) is 34.5 Å². The fourth-order valence-electron chi connectivity index (χ4n) is 13.1.